The molecule has 0 fully saturated rings. The third kappa shape index (κ3) is 3.45. The van der Waals surface area contributed by atoms with Crippen LogP contribution in [0.15, 0.2) is 40.3 Å². The molecule has 4 nitrogen and oxygen atoms in total. The summed E-state index contributed by atoms with van der Waals surface area (Å²) in [5.74, 6) is 1.17. The lowest BCUT2D eigenvalue weighted by Crippen LogP contribution is -1.92. The highest BCUT2D eigenvalue weighted by Gasteiger charge is 2.09. The summed E-state index contributed by atoms with van der Waals surface area (Å²) in [6.45, 7) is 4.15. The van der Waals surface area contributed by atoms with Crippen molar-refractivity contribution in [2.45, 2.75) is 24.1 Å². The number of thiazole rings is 1. The van der Waals surface area contributed by atoms with Crippen LogP contribution >= 0.6 is 34.9 Å². The van der Waals surface area contributed by atoms with Crippen LogP contribution in [0, 0.1) is 0 Å². The van der Waals surface area contributed by atoms with Gasteiger partial charge >= 0.3 is 0 Å². The van der Waals surface area contributed by atoms with Gasteiger partial charge in [0.25, 0.3) is 0 Å². The first-order valence-corrected chi connectivity index (χ1v) is 8.46. The van der Waals surface area contributed by atoms with Gasteiger partial charge < -0.3 is 0 Å². The Morgan fingerprint density at radius 1 is 1.24 bits per heavy atom. The summed E-state index contributed by atoms with van der Waals surface area (Å²) in [6.07, 6.45) is 1.73. The Hall–Kier alpha value is -1.37. The Morgan fingerprint density at radius 3 is 2.67 bits per heavy atom. The molecule has 0 unspecified atom stereocenters. The summed E-state index contributed by atoms with van der Waals surface area (Å²) in [5, 5.41) is 7.18. The molecule has 0 saturated heterocycles. The van der Waals surface area contributed by atoms with E-state index in [9.17, 15) is 0 Å². The van der Waals surface area contributed by atoms with Crippen molar-refractivity contribution in [2.24, 2.45) is 0 Å². The third-order valence-corrected chi connectivity index (χ3v) is 4.81. The van der Waals surface area contributed by atoms with Crippen LogP contribution in [-0.2, 0) is 0 Å². The fourth-order valence-corrected chi connectivity index (χ4v) is 3.44. The molecule has 0 amide bonds. The second-order valence-corrected chi connectivity index (χ2v) is 7.25. The quantitative estimate of drug-likeness (QED) is 0.690. The number of nitrogens with zero attached hydrogens (tertiary/aromatic N) is 4. The molecule has 0 radical (unpaired) electrons. The van der Waals surface area contributed by atoms with Gasteiger partial charge in [0.05, 0.1) is 5.69 Å². The molecule has 1 aromatic carbocycles. The fraction of sp³-hybridized carbons (Fsp3) is 0.214. The fourth-order valence-electron chi connectivity index (χ4n) is 1.70. The minimum Gasteiger partial charge on any atom is -0.228 e. The number of hydrogen-bond acceptors (Lipinski definition) is 5. The molecule has 0 N–H and O–H groups in total. The van der Waals surface area contributed by atoms with Gasteiger partial charge in [0.1, 0.15) is 6.33 Å². The van der Waals surface area contributed by atoms with Gasteiger partial charge in [0.2, 0.25) is 0 Å². The molecule has 21 heavy (non-hydrogen) atoms. The molecular formula is C14H13ClN4S2. The first-order valence-electron chi connectivity index (χ1n) is 6.43. The van der Waals surface area contributed by atoms with Crippen molar-refractivity contribution in [2.75, 3.05) is 0 Å². The standard InChI is InChI=1S/C14H13ClN4S2/c1-9(2)13-16-8-19(18-13)21-14-17-12(7-20-14)10-3-5-11(15)6-4-10/h3-9H,1-2H3. The predicted octanol–water partition coefficient (Wildman–Crippen LogP) is 4.73. The Kier molecular flexibility index (Phi) is 4.28. The second kappa shape index (κ2) is 6.17. The van der Waals surface area contributed by atoms with Crippen LogP contribution in [-0.4, -0.2) is 19.2 Å². The van der Waals surface area contributed by atoms with E-state index in [0.717, 1.165) is 26.4 Å². The summed E-state index contributed by atoms with van der Waals surface area (Å²) in [6, 6.07) is 7.68. The summed E-state index contributed by atoms with van der Waals surface area (Å²) < 4.78 is 2.68. The summed E-state index contributed by atoms with van der Waals surface area (Å²) in [5.41, 5.74) is 2.01. The van der Waals surface area contributed by atoms with Gasteiger partial charge in [-0.15, -0.1) is 16.4 Å². The van der Waals surface area contributed by atoms with E-state index in [1.54, 1.807) is 21.8 Å². The molecular weight excluding hydrogens is 324 g/mol. The molecule has 108 valence electrons. The van der Waals surface area contributed by atoms with Crippen LogP contribution in [0.1, 0.15) is 25.6 Å². The summed E-state index contributed by atoms with van der Waals surface area (Å²) in [7, 11) is 0. The van der Waals surface area contributed by atoms with E-state index in [4.69, 9.17) is 11.6 Å². The van der Waals surface area contributed by atoms with Gasteiger partial charge in [0.15, 0.2) is 10.2 Å². The Bertz CT molecular complexity index is 734. The molecule has 0 aliphatic heterocycles. The maximum absolute atomic E-state index is 5.90. The van der Waals surface area contributed by atoms with Gasteiger partial charge in [-0.2, -0.15) is 4.09 Å². The van der Waals surface area contributed by atoms with Crippen molar-refractivity contribution < 1.29 is 0 Å². The first kappa shape index (κ1) is 14.6. The van der Waals surface area contributed by atoms with Crippen LogP contribution in [0.5, 0.6) is 0 Å². The van der Waals surface area contributed by atoms with Crippen LogP contribution in [0.2, 0.25) is 5.02 Å². The van der Waals surface area contributed by atoms with E-state index in [0.29, 0.717) is 5.92 Å². The van der Waals surface area contributed by atoms with Crippen molar-refractivity contribution in [1.29, 1.82) is 0 Å². The topological polar surface area (TPSA) is 43.6 Å². The number of halogens is 1. The number of rotatable bonds is 4. The molecule has 0 atom stereocenters. The van der Waals surface area contributed by atoms with Gasteiger partial charge in [-0.3, -0.25) is 0 Å². The van der Waals surface area contributed by atoms with E-state index in [1.807, 2.05) is 29.6 Å². The molecule has 7 heteroatoms. The summed E-state index contributed by atoms with van der Waals surface area (Å²) in [4.78, 5) is 8.89. The lowest BCUT2D eigenvalue weighted by molar-refractivity contribution is 0.774. The zero-order chi connectivity index (χ0) is 14.8. The Labute approximate surface area is 136 Å². The molecule has 0 aliphatic rings. The second-order valence-electron chi connectivity index (χ2n) is 4.76. The zero-order valence-electron chi connectivity index (χ0n) is 11.5. The molecule has 0 aliphatic carbocycles. The average Bonchev–Trinajstić information content (AvgIpc) is 3.10. The van der Waals surface area contributed by atoms with Crippen molar-refractivity contribution in [1.82, 2.24) is 19.2 Å². The highest BCUT2D eigenvalue weighted by atomic mass is 35.5. The first-order chi connectivity index (χ1) is 10.1. The lowest BCUT2D eigenvalue weighted by Gasteiger charge is -1.97. The van der Waals surface area contributed by atoms with Crippen LogP contribution in [0.4, 0.5) is 0 Å². The number of aromatic nitrogens is 4. The highest BCUT2D eigenvalue weighted by molar-refractivity contribution is 7.99. The van der Waals surface area contributed by atoms with Crippen molar-refractivity contribution in [3.05, 3.63) is 46.8 Å². The Morgan fingerprint density at radius 2 is 2.00 bits per heavy atom. The third-order valence-electron chi connectivity index (χ3n) is 2.80. The minimum absolute atomic E-state index is 0.327. The largest absolute Gasteiger partial charge is 0.228 e. The van der Waals surface area contributed by atoms with Gasteiger partial charge in [-0.25, -0.2) is 9.97 Å². The number of benzene rings is 1. The van der Waals surface area contributed by atoms with Gasteiger partial charge in [-0.05, 0) is 12.1 Å². The Balaban J connectivity index is 1.76. The normalized spacial score (nSPS) is 11.2. The zero-order valence-corrected chi connectivity index (χ0v) is 13.9. The van der Waals surface area contributed by atoms with Crippen molar-refractivity contribution in [3.63, 3.8) is 0 Å². The SMILES string of the molecule is CC(C)c1ncn(Sc2nc(-c3ccc(Cl)cc3)cs2)n1. The lowest BCUT2D eigenvalue weighted by atomic mass is 10.2. The number of hydrogen-bond donors (Lipinski definition) is 0. The van der Waals surface area contributed by atoms with E-state index in [2.05, 4.69) is 28.9 Å². The highest BCUT2D eigenvalue weighted by Crippen LogP contribution is 2.29. The molecule has 3 aromatic rings. The molecule has 3 rings (SSSR count). The minimum atomic E-state index is 0.327. The van der Waals surface area contributed by atoms with Gasteiger partial charge in [-0.1, -0.05) is 37.6 Å². The van der Waals surface area contributed by atoms with Crippen LogP contribution < -0.4 is 0 Å². The maximum Gasteiger partial charge on any atom is 0.173 e. The van der Waals surface area contributed by atoms with Crippen molar-refractivity contribution >= 4 is 34.9 Å². The monoisotopic (exact) mass is 336 g/mol. The predicted molar refractivity (Wildman–Crippen MR) is 87.9 cm³/mol. The van der Waals surface area contributed by atoms with Crippen LogP contribution in [0.25, 0.3) is 11.3 Å². The smallest absolute Gasteiger partial charge is 0.173 e. The van der Waals surface area contributed by atoms with E-state index >= 15 is 0 Å². The van der Waals surface area contributed by atoms with Crippen LogP contribution in [0.3, 0.4) is 0 Å². The van der Waals surface area contributed by atoms with Crippen molar-refractivity contribution in [3.8, 4) is 11.3 Å². The average molecular weight is 337 g/mol. The van der Waals surface area contributed by atoms with E-state index in [1.165, 1.54) is 11.9 Å². The molecule has 2 aromatic heterocycles. The molecule has 0 bridgehead atoms. The van der Waals surface area contributed by atoms with Gasteiger partial charge in [0, 0.05) is 33.8 Å². The molecule has 0 spiro atoms. The van der Waals surface area contributed by atoms with E-state index in [-0.39, 0.29) is 0 Å². The molecule has 2 heterocycles. The maximum atomic E-state index is 5.90. The summed E-state index contributed by atoms with van der Waals surface area (Å²) >= 11 is 8.96. The molecule has 0 saturated carbocycles. The van der Waals surface area contributed by atoms with E-state index < -0.39 is 0 Å².